The van der Waals surface area contributed by atoms with E-state index in [0.29, 0.717) is 19.3 Å². The van der Waals surface area contributed by atoms with Crippen molar-refractivity contribution in [3.05, 3.63) is 72.9 Å². The summed E-state index contributed by atoms with van der Waals surface area (Å²) in [5.74, 6) is -0.941. The van der Waals surface area contributed by atoms with Crippen LogP contribution in [-0.2, 0) is 28.6 Å². The minimum atomic E-state index is -0.795. The highest BCUT2D eigenvalue weighted by molar-refractivity contribution is 5.71. The van der Waals surface area contributed by atoms with Crippen molar-refractivity contribution in [2.45, 2.75) is 252 Å². The van der Waals surface area contributed by atoms with E-state index in [0.717, 1.165) is 109 Å². The molecule has 0 aliphatic carbocycles. The molecule has 0 saturated heterocycles. The number of esters is 3. The molecule has 0 radical (unpaired) electrons. The van der Waals surface area contributed by atoms with Crippen LogP contribution in [0.5, 0.6) is 0 Å². The molecule has 1 unspecified atom stereocenters. The van der Waals surface area contributed by atoms with E-state index in [2.05, 4.69) is 93.7 Å². The minimum Gasteiger partial charge on any atom is -0.462 e. The van der Waals surface area contributed by atoms with Gasteiger partial charge < -0.3 is 14.2 Å². The fraction of sp³-hybridized carbons (Fsp3) is 0.732. The summed E-state index contributed by atoms with van der Waals surface area (Å²) >= 11 is 0. The third-order valence-corrected chi connectivity index (χ3v) is 10.9. The first-order valence-corrected chi connectivity index (χ1v) is 25.9. The molecule has 0 saturated carbocycles. The second-order valence-corrected chi connectivity index (χ2v) is 17.0. The fourth-order valence-electron chi connectivity index (χ4n) is 7.01. The molecule has 0 heterocycles. The molecular weight excluding hydrogens is 769 g/mol. The van der Waals surface area contributed by atoms with Crippen LogP contribution in [0, 0.1) is 0 Å². The maximum atomic E-state index is 12.8. The van der Waals surface area contributed by atoms with E-state index >= 15 is 0 Å². The molecule has 0 aromatic heterocycles. The van der Waals surface area contributed by atoms with Gasteiger partial charge in [0, 0.05) is 19.3 Å². The zero-order valence-electron chi connectivity index (χ0n) is 40.6. The smallest absolute Gasteiger partial charge is 0.306 e. The summed E-state index contributed by atoms with van der Waals surface area (Å²) in [7, 11) is 0. The highest BCUT2D eigenvalue weighted by Gasteiger charge is 2.19. The average molecular weight is 865 g/mol. The molecular formula is C56H96O6. The van der Waals surface area contributed by atoms with Crippen molar-refractivity contribution in [3.63, 3.8) is 0 Å². The van der Waals surface area contributed by atoms with Crippen LogP contribution < -0.4 is 0 Å². The van der Waals surface area contributed by atoms with E-state index in [-0.39, 0.29) is 31.1 Å². The minimum absolute atomic E-state index is 0.0935. The molecule has 0 fully saturated rings. The Labute approximate surface area is 382 Å². The highest BCUT2D eigenvalue weighted by Crippen LogP contribution is 2.14. The van der Waals surface area contributed by atoms with E-state index in [4.69, 9.17) is 14.2 Å². The van der Waals surface area contributed by atoms with Crippen molar-refractivity contribution in [1.82, 2.24) is 0 Å². The van der Waals surface area contributed by atoms with Gasteiger partial charge in [-0.3, -0.25) is 14.4 Å². The van der Waals surface area contributed by atoms with Gasteiger partial charge in [-0.25, -0.2) is 0 Å². The Hall–Kier alpha value is -3.15. The van der Waals surface area contributed by atoms with Crippen LogP contribution in [0.1, 0.15) is 245 Å². The molecule has 6 heteroatoms. The van der Waals surface area contributed by atoms with Gasteiger partial charge in [0.1, 0.15) is 13.2 Å². The normalized spacial score (nSPS) is 12.6. The first-order chi connectivity index (χ1) is 30.5. The summed E-state index contributed by atoms with van der Waals surface area (Å²) in [5.41, 5.74) is 0. The van der Waals surface area contributed by atoms with Gasteiger partial charge in [-0.2, -0.15) is 0 Å². The summed E-state index contributed by atoms with van der Waals surface area (Å²) < 4.78 is 16.8. The molecule has 0 rings (SSSR count). The number of allylic oxidation sites excluding steroid dienone is 12. The molecule has 0 amide bonds. The molecule has 62 heavy (non-hydrogen) atoms. The van der Waals surface area contributed by atoms with Gasteiger partial charge in [0.15, 0.2) is 6.10 Å². The van der Waals surface area contributed by atoms with Gasteiger partial charge >= 0.3 is 17.9 Å². The predicted octanol–water partition coefficient (Wildman–Crippen LogP) is 17.0. The lowest BCUT2D eigenvalue weighted by Gasteiger charge is -2.18. The molecule has 1 atom stereocenters. The first kappa shape index (κ1) is 58.9. The largest absolute Gasteiger partial charge is 0.462 e. The molecule has 6 nitrogen and oxygen atoms in total. The Balaban J connectivity index is 4.45. The molecule has 0 bridgehead atoms. The molecule has 0 spiro atoms. The Morgan fingerprint density at radius 2 is 0.629 bits per heavy atom. The van der Waals surface area contributed by atoms with Gasteiger partial charge in [-0.15, -0.1) is 0 Å². The maximum absolute atomic E-state index is 12.8. The summed E-state index contributed by atoms with van der Waals surface area (Å²) in [5, 5.41) is 0. The monoisotopic (exact) mass is 865 g/mol. The number of carbonyl (C=O) groups excluding carboxylic acids is 3. The maximum Gasteiger partial charge on any atom is 0.306 e. The first-order valence-electron chi connectivity index (χ1n) is 25.9. The Morgan fingerprint density at radius 3 is 1.05 bits per heavy atom. The molecule has 0 N–H and O–H groups in total. The second kappa shape index (κ2) is 50.5. The molecule has 0 aliphatic heterocycles. The van der Waals surface area contributed by atoms with E-state index in [1.54, 1.807) is 0 Å². The van der Waals surface area contributed by atoms with Crippen LogP contribution in [0.2, 0.25) is 0 Å². The molecule has 356 valence electrons. The summed E-state index contributed by atoms with van der Waals surface area (Å²) in [6, 6.07) is 0. The summed E-state index contributed by atoms with van der Waals surface area (Å²) in [6.45, 7) is 6.46. The van der Waals surface area contributed by atoms with Gasteiger partial charge in [0.25, 0.3) is 0 Å². The van der Waals surface area contributed by atoms with Gasteiger partial charge in [0.05, 0.1) is 0 Å². The van der Waals surface area contributed by atoms with Crippen molar-refractivity contribution in [1.29, 1.82) is 0 Å². The van der Waals surface area contributed by atoms with Crippen molar-refractivity contribution in [2.24, 2.45) is 0 Å². The van der Waals surface area contributed by atoms with Crippen molar-refractivity contribution in [2.75, 3.05) is 13.2 Å². The number of ether oxygens (including phenoxy) is 3. The zero-order valence-corrected chi connectivity index (χ0v) is 40.6. The van der Waals surface area contributed by atoms with Crippen LogP contribution in [0.15, 0.2) is 72.9 Å². The SMILES string of the molecule is CC/C=C\C/C=C\C/C=C\C/C=C\CCCCCC(=O)OCC(COC(=O)CCCCCCC/C=C\CCCCC)OC(=O)CCCCCCC/C=C\CCCCCCCCC. The van der Waals surface area contributed by atoms with Crippen LogP contribution in [-0.4, -0.2) is 37.2 Å². The summed E-state index contributed by atoms with van der Waals surface area (Å²) in [4.78, 5) is 38.0. The topological polar surface area (TPSA) is 78.9 Å². The Bertz CT molecular complexity index is 1180. The molecule has 0 aromatic rings. The Kier molecular flexibility index (Phi) is 47.9. The lowest BCUT2D eigenvalue weighted by molar-refractivity contribution is -0.167. The number of carbonyl (C=O) groups is 3. The van der Waals surface area contributed by atoms with E-state index in [1.807, 2.05) is 0 Å². The van der Waals surface area contributed by atoms with Crippen LogP contribution in [0.3, 0.4) is 0 Å². The average Bonchev–Trinajstić information content (AvgIpc) is 3.27. The van der Waals surface area contributed by atoms with Crippen LogP contribution in [0.4, 0.5) is 0 Å². The van der Waals surface area contributed by atoms with Crippen molar-refractivity contribution < 1.29 is 28.6 Å². The van der Waals surface area contributed by atoms with E-state index in [1.165, 1.54) is 96.3 Å². The van der Waals surface area contributed by atoms with Crippen LogP contribution in [0.25, 0.3) is 0 Å². The molecule has 0 aliphatic rings. The number of unbranched alkanes of at least 4 members (excludes halogenated alkanes) is 23. The number of rotatable bonds is 46. The van der Waals surface area contributed by atoms with Gasteiger partial charge in [0.2, 0.25) is 0 Å². The lowest BCUT2D eigenvalue weighted by atomic mass is 10.1. The highest BCUT2D eigenvalue weighted by atomic mass is 16.6. The second-order valence-electron chi connectivity index (χ2n) is 17.0. The summed E-state index contributed by atoms with van der Waals surface area (Å²) in [6.07, 6.45) is 63.1. The quantitative estimate of drug-likeness (QED) is 0.0262. The Morgan fingerprint density at radius 1 is 0.339 bits per heavy atom. The predicted molar refractivity (Wildman–Crippen MR) is 265 cm³/mol. The third-order valence-electron chi connectivity index (χ3n) is 10.9. The van der Waals surface area contributed by atoms with Crippen LogP contribution >= 0.6 is 0 Å². The zero-order chi connectivity index (χ0) is 45.1. The fourth-order valence-corrected chi connectivity index (χ4v) is 7.01. The van der Waals surface area contributed by atoms with E-state index in [9.17, 15) is 14.4 Å². The van der Waals surface area contributed by atoms with Crippen molar-refractivity contribution in [3.8, 4) is 0 Å². The van der Waals surface area contributed by atoms with Gasteiger partial charge in [-0.05, 0) is 109 Å². The molecule has 0 aromatic carbocycles. The van der Waals surface area contributed by atoms with Gasteiger partial charge in [-0.1, -0.05) is 190 Å². The standard InChI is InChI=1S/C56H96O6/c1-4-7-10-13-16-19-22-25-27-29-31-34-37-40-43-46-49-55(58)61-52-53(51-60-54(57)48-45-42-39-36-33-24-21-18-15-12-9-6-3)62-56(59)50-47-44-41-38-35-32-30-28-26-23-20-17-14-11-8-5-2/h7,10,16,18-19,21,25,27-28,30-31,34,53H,4-6,8-9,11-15,17,20,22-24,26,29,32-33,35-52H2,1-3H3/b10-7-,19-16-,21-18-,27-25-,30-28-,34-31-. The number of hydrogen-bond acceptors (Lipinski definition) is 6. The third kappa shape index (κ3) is 47.9. The van der Waals surface area contributed by atoms with E-state index < -0.39 is 6.10 Å². The van der Waals surface area contributed by atoms with Crippen molar-refractivity contribution >= 4 is 17.9 Å². The lowest BCUT2D eigenvalue weighted by Crippen LogP contribution is -2.30. The number of hydrogen-bond donors (Lipinski definition) is 0.